The Morgan fingerprint density at radius 1 is 1.25 bits per heavy atom. The first-order valence-electron chi connectivity index (χ1n) is 7.80. The van der Waals surface area contributed by atoms with Crippen molar-refractivity contribution in [3.63, 3.8) is 0 Å². The van der Waals surface area contributed by atoms with Gasteiger partial charge in [-0.1, -0.05) is 6.92 Å². The van der Waals surface area contributed by atoms with E-state index in [0.717, 1.165) is 19.3 Å². The summed E-state index contributed by atoms with van der Waals surface area (Å²) in [6.07, 6.45) is 3.24. The van der Waals surface area contributed by atoms with Crippen molar-refractivity contribution < 1.29 is 9.59 Å². The maximum absolute atomic E-state index is 12.1. The first-order valence-corrected chi connectivity index (χ1v) is 7.80. The van der Waals surface area contributed by atoms with Crippen LogP contribution < -0.4 is 11.1 Å². The van der Waals surface area contributed by atoms with Crippen molar-refractivity contribution in [2.45, 2.75) is 52.5 Å². The summed E-state index contributed by atoms with van der Waals surface area (Å²) >= 11 is 0. The van der Waals surface area contributed by atoms with E-state index in [4.69, 9.17) is 5.73 Å². The topological polar surface area (TPSA) is 75.4 Å². The van der Waals surface area contributed by atoms with E-state index in [1.54, 1.807) is 4.90 Å². The molecule has 20 heavy (non-hydrogen) atoms. The highest BCUT2D eigenvalue weighted by Gasteiger charge is 2.31. The smallest absolute Gasteiger partial charge is 0.224 e. The summed E-state index contributed by atoms with van der Waals surface area (Å²) < 4.78 is 0. The molecule has 2 amide bonds. The zero-order valence-electron chi connectivity index (χ0n) is 13.0. The molecule has 5 nitrogen and oxygen atoms in total. The summed E-state index contributed by atoms with van der Waals surface area (Å²) in [4.78, 5) is 25.7. The summed E-state index contributed by atoms with van der Waals surface area (Å²) in [5.41, 5.74) is 6.03. The van der Waals surface area contributed by atoms with Crippen LogP contribution in [0.4, 0.5) is 0 Å². The van der Waals surface area contributed by atoms with Crippen molar-refractivity contribution in [1.82, 2.24) is 10.2 Å². The molecule has 1 aliphatic carbocycles. The molecule has 0 aromatic heterocycles. The molecule has 1 saturated carbocycles. The third kappa shape index (κ3) is 4.78. The lowest BCUT2D eigenvalue weighted by Gasteiger charge is -2.31. The van der Waals surface area contributed by atoms with Crippen LogP contribution in [0.2, 0.25) is 0 Å². The summed E-state index contributed by atoms with van der Waals surface area (Å²) in [5, 5.41) is 2.87. The largest absolute Gasteiger partial charge is 0.355 e. The zero-order valence-corrected chi connectivity index (χ0v) is 13.0. The molecule has 1 fully saturated rings. The maximum Gasteiger partial charge on any atom is 0.224 e. The number of nitrogens with zero attached hydrogens (tertiary/aromatic N) is 1. The molecule has 0 aromatic carbocycles. The molecular formula is C15H29N3O2. The lowest BCUT2D eigenvalue weighted by Crippen LogP contribution is -2.46. The molecule has 3 atom stereocenters. The summed E-state index contributed by atoms with van der Waals surface area (Å²) in [5.74, 6) is 0.568. The van der Waals surface area contributed by atoms with E-state index in [2.05, 4.69) is 12.2 Å². The Labute approximate surface area is 122 Å². The highest BCUT2D eigenvalue weighted by Crippen LogP contribution is 2.27. The monoisotopic (exact) mass is 283 g/mol. The average molecular weight is 283 g/mol. The number of nitrogens with one attached hydrogen (secondary N) is 1. The Hall–Kier alpha value is -1.10. The summed E-state index contributed by atoms with van der Waals surface area (Å²) in [7, 11) is 0. The predicted octanol–water partition coefficient (Wildman–Crippen LogP) is 1.12. The van der Waals surface area contributed by atoms with Crippen LogP contribution in [0.15, 0.2) is 0 Å². The van der Waals surface area contributed by atoms with E-state index >= 15 is 0 Å². The van der Waals surface area contributed by atoms with Gasteiger partial charge in [0.2, 0.25) is 11.8 Å². The van der Waals surface area contributed by atoms with E-state index in [9.17, 15) is 9.59 Å². The number of rotatable bonds is 6. The fourth-order valence-corrected chi connectivity index (χ4v) is 2.86. The van der Waals surface area contributed by atoms with Gasteiger partial charge in [0.05, 0.1) is 5.92 Å². The second kappa shape index (κ2) is 8.25. The molecule has 0 aliphatic heterocycles. The second-order valence-corrected chi connectivity index (χ2v) is 5.80. The van der Waals surface area contributed by atoms with Crippen molar-refractivity contribution in [3.05, 3.63) is 0 Å². The number of nitrogens with two attached hydrogens (primary N) is 1. The molecule has 0 aromatic rings. The molecule has 116 valence electrons. The highest BCUT2D eigenvalue weighted by atomic mass is 16.2. The van der Waals surface area contributed by atoms with E-state index in [1.165, 1.54) is 0 Å². The van der Waals surface area contributed by atoms with E-state index in [0.29, 0.717) is 32.0 Å². The quantitative estimate of drug-likeness (QED) is 0.767. The number of carbonyl (C=O) groups excluding carboxylic acids is 2. The molecule has 1 rings (SSSR count). The minimum Gasteiger partial charge on any atom is -0.355 e. The van der Waals surface area contributed by atoms with Gasteiger partial charge in [-0.2, -0.15) is 0 Å². The molecular weight excluding hydrogens is 254 g/mol. The van der Waals surface area contributed by atoms with Crippen molar-refractivity contribution in [1.29, 1.82) is 0 Å². The second-order valence-electron chi connectivity index (χ2n) is 5.80. The van der Waals surface area contributed by atoms with Gasteiger partial charge in [-0.3, -0.25) is 9.59 Å². The van der Waals surface area contributed by atoms with Gasteiger partial charge in [-0.05, 0) is 39.0 Å². The van der Waals surface area contributed by atoms with Gasteiger partial charge in [0.25, 0.3) is 0 Å². The SMILES string of the molecule is CCN(CC)C(=O)CCNC(=O)C1CC(C)CCC1N. The first-order chi connectivity index (χ1) is 9.49. The lowest BCUT2D eigenvalue weighted by molar-refractivity contribution is -0.131. The lowest BCUT2D eigenvalue weighted by atomic mass is 9.79. The van der Waals surface area contributed by atoms with Crippen LogP contribution in [0.5, 0.6) is 0 Å². The van der Waals surface area contributed by atoms with E-state index in [-0.39, 0.29) is 23.8 Å². The number of amides is 2. The van der Waals surface area contributed by atoms with Gasteiger partial charge >= 0.3 is 0 Å². The molecule has 1 aliphatic rings. The van der Waals surface area contributed by atoms with Crippen molar-refractivity contribution in [2.75, 3.05) is 19.6 Å². The Morgan fingerprint density at radius 2 is 1.90 bits per heavy atom. The van der Waals surface area contributed by atoms with Crippen LogP contribution >= 0.6 is 0 Å². The molecule has 3 N–H and O–H groups in total. The maximum atomic E-state index is 12.1. The zero-order chi connectivity index (χ0) is 15.1. The van der Waals surface area contributed by atoms with Gasteiger partial charge in [-0.25, -0.2) is 0 Å². The van der Waals surface area contributed by atoms with Crippen molar-refractivity contribution in [2.24, 2.45) is 17.6 Å². The summed E-state index contributed by atoms with van der Waals surface area (Å²) in [6, 6.07) is -0.0373. The van der Waals surface area contributed by atoms with Crippen molar-refractivity contribution in [3.8, 4) is 0 Å². The standard InChI is InChI=1S/C15H29N3O2/c1-4-18(5-2)14(19)8-9-17-15(20)12-10-11(3)6-7-13(12)16/h11-13H,4-10,16H2,1-3H3,(H,17,20). The van der Waals surface area contributed by atoms with Gasteiger partial charge in [0.1, 0.15) is 0 Å². The van der Waals surface area contributed by atoms with Crippen LogP contribution in [0.1, 0.15) is 46.5 Å². The molecule has 0 saturated heterocycles. The number of carbonyl (C=O) groups is 2. The minimum absolute atomic E-state index is 0.0106. The highest BCUT2D eigenvalue weighted by molar-refractivity contribution is 5.81. The van der Waals surface area contributed by atoms with Gasteiger partial charge < -0.3 is 16.0 Å². The fourth-order valence-electron chi connectivity index (χ4n) is 2.86. The van der Waals surface area contributed by atoms with E-state index in [1.807, 2.05) is 13.8 Å². The summed E-state index contributed by atoms with van der Waals surface area (Å²) in [6.45, 7) is 7.93. The van der Waals surface area contributed by atoms with Crippen molar-refractivity contribution >= 4 is 11.8 Å². The van der Waals surface area contributed by atoms with Crippen LogP contribution in [0, 0.1) is 11.8 Å². The molecule has 0 heterocycles. The average Bonchev–Trinajstić information content (AvgIpc) is 2.42. The third-order valence-corrected chi connectivity index (χ3v) is 4.26. The van der Waals surface area contributed by atoms with Gasteiger partial charge in [0.15, 0.2) is 0 Å². The first kappa shape index (κ1) is 17.0. The molecule has 5 heteroatoms. The van der Waals surface area contributed by atoms with Crippen LogP contribution in [-0.4, -0.2) is 42.4 Å². The molecule has 0 spiro atoms. The Kier molecular flexibility index (Phi) is 6.99. The minimum atomic E-state index is -0.0951. The molecule has 3 unspecified atom stereocenters. The Balaban J connectivity index is 2.34. The van der Waals surface area contributed by atoms with Crippen LogP contribution in [0.25, 0.3) is 0 Å². The van der Waals surface area contributed by atoms with E-state index < -0.39 is 0 Å². The predicted molar refractivity (Wildman–Crippen MR) is 80.0 cm³/mol. The van der Waals surface area contributed by atoms with Crippen LogP contribution in [0.3, 0.4) is 0 Å². The normalized spacial score (nSPS) is 26.1. The molecule has 0 radical (unpaired) electrons. The molecule has 0 bridgehead atoms. The number of hydrogen-bond donors (Lipinski definition) is 2. The Bertz CT molecular complexity index is 329. The van der Waals surface area contributed by atoms with Gasteiger partial charge in [0, 0.05) is 32.1 Å². The number of hydrogen-bond acceptors (Lipinski definition) is 3. The Morgan fingerprint density at radius 3 is 2.50 bits per heavy atom. The van der Waals surface area contributed by atoms with Crippen LogP contribution in [-0.2, 0) is 9.59 Å². The van der Waals surface area contributed by atoms with Gasteiger partial charge in [-0.15, -0.1) is 0 Å². The fraction of sp³-hybridized carbons (Fsp3) is 0.867. The third-order valence-electron chi connectivity index (χ3n) is 4.26.